The van der Waals surface area contributed by atoms with E-state index in [2.05, 4.69) is 12.2 Å². The number of allylic oxidation sites excluding steroid dienone is 1. The van der Waals surface area contributed by atoms with Crippen LogP contribution in [0.15, 0.2) is 24.3 Å². The van der Waals surface area contributed by atoms with Gasteiger partial charge in [0.1, 0.15) is 23.9 Å². The minimum atomic E-state index is 0.0208. The molecule has 1 aliphatic heterocycles. The fourth-order valence-corrected chi connectivity index (χ4v) is 2.79. The molecule has 0 amide bonds. The van der Waals surface area contributed by atoms with Crippen molar-refractivity contribution in [3.8, 4) is 17.2 Å². The van der Waals surface area contributed by atoms with E-state index in [1.54, 1.807) is 14.2 Å². The van der Waals surface area contributed by atoms with Gasteiger partial charge in [0.25, 0.3) is 0 Å². The summed E-state index contributed by atoms with van der Waals surface area (Å²) in [5.41, 5.74) is 1.20. The van der Waals surface area contributed by atoms with Crippen molar-refractivity contribution in [3.05, 3.63) is 29.8 Å². The van der Waals surface area contributed by atoms with Crippen LogP contribution in [0.25, 0.3) is 0 Å². The molecule has 1 spiro atoms. The molecule has 0 N–H and O–H groups in total. The molecule has 0 aromatic heterocycles. The SMILES string of the molecule is COc1cc(OC)c2c(c1)OCC21C=CCC1. The second kappa shape index (κ2) is 3.69. The molecule has 1 heterocycles. The molecule has 0 saturated heterocycles. The van der Waals surface area contributed by atoms with E-state index in [4.69, 9.17) is 14.2 Å². The lowest BCUT2D eigenvalue weighted by Gasteiger charge is -2.21. The fourth-order valence-electron chi connectivity index (χ4n) is 2.79. The molecule has 1 aromatic rings. The van der Waals surface area contributed by atoms with Gasteiger partial charge in [-0.05, 0) is 12.8 Å². The van der Waals surface area contributed by atoms with Crippen LogP contribution in [0.5, 0.6) is 17.2 Å². The van der Waals surface area contributed by atoms with Crippen LogP contribution >= 0.6 is 0 Å². The third-order valence-corrected chi connectivity index (χ3v) is 3.67. The van der Waals surface area contributed by atoms with Crippen LogP contribution < -0.4 is 14.2 Å². The van der Waals surface area contributed by atoms with Gasteiger partial charge in [-0.15, -0.1) is 0 Å². The third kappa shape index (κ3) is 1.42. The van der Waals surface area contributed by atoms with Gasteiger partial charge in [0.05, 0.1) is 19.6 Å². The molecule has 1 aliphatic carbocycles. The van der Waals surface area contributed by atoms with E-state index in [1.165, 1.54) is 5.56 Å². The Labute approximate surface area is 101 Å². The van der Waals surface area contributed by atoms with Gasteiger partial charge in [0, 0.05) is 17.7 Å². The van der Waals surface area contributed by atoms with E-state index in [9.17, 15) is 0 Å². The molecule has 2 aliphatic rings. The number of hydrogen-bond donors (Lipinski definition) is 0. The first-order valence-corrected chi connectivity index (χ1v) is 5.86. The van der Waals surface area contributed by atoms with E-state index >= 15 is 0 Å². The van der Waals surface area contributed by atoms with Crippen molar-refractivity contribution < 1.29 is 14.2 Å². The lowest BCUT2D eigenvalue weighted by Crippen LogP contribution is -2.22. The Hall–Kier alpha value is -1.64. The van der Waals surface area contributed by atoms with Crippen LogP contribution in [0.3, 0.4) is 0 Å². The van der Waals surface area contributed by atoms with E-state index in [-0.39, 0.29) is 5.41 Å². The maximum Gasteiger partial charge on any atom is 0.130 e. The maximum atomic E-state index is 5.81. The summed E-state index contributed by atoms with van der Waals surface area (Å²) in [5.74, 6) is 2.54. The van der Waals surface area contributed by atoms with Crippen LogP contribution in [-0.4, -0.2) is 20.8 Å². The zero-order valence-electron chi connectivity index (χ0n) is 10.2. The topological polar surface area (TPSA) is 27.7 Å². The highest BCUT2D eigenvalue weighted by Crippen LogP contribution is 2.51. The minimum absolute atomic E-state index is 0.0208. The van der Waals surface area contributed by atoms with Crippen molar-refractivity contribution in [3.63, 3.8) is 0 Å². The highest BCUT2D eigenvalue weighted by atomic mass is 16.5. The van der Waals surface area contributed by atoms with Gasteiger partial charge in [-0.3, -0.25) is 0 Å². The molecular weight excluding hydrogens is 216 g/mol. The average Bonchev–Trinajstić information content (AvgIpc) is 2.98. The highest BCUT2D eigenvalue weighted by Gasteiger charge is 2.43. The molecule has 17 heavy (non-hydrogen) atoms. The Morgan fingerprint density at radius 1 is 1.24 bits per heavy atom. The van der Waals surface area contributed by atoms with Crippen LogP contribution in [0.4, 0.5) is 0 Å². The summed E-state index contributed by atoms with van der Waals surface area (Å²) in [5, 5.41) is 0. The van der Waals surface area contributed by atoms with Gasteiger partial charge < -0.3 is 14.2 Å². The minimum Gasteiger partial charge on any atom is -0.496 e. The molecule has 90 valence electrons. The Morgan fingerprint density at radius 2 is 2.12 bits per heavy atom. The Morgan fingerprint density at radius 3 is 2.76 bits per heavy atom. The van der Waals surface area contributed by atoms with Gasteiger partial charge in [-0.25, -0.2) is 0 Å². The maximum absolute atomic E-state index is 5.81. The lowest BCUT2D eigenvalue weighted by molar-refractivity contribution is 0.292. The van der Waals surface area contributed by atoms with Crippen LogP contribution in [0.1, 0.15) is 18.4 Å². The van der Waals surface area contributed by atoms with Crippen LogP contribution in [0, 0.1) is 0 Å². The second-order valence-electron chi connectivity index (χ2n) is 4.59. The summed E-state index contributed by atoms with van der Waals surface area (Å²) < 4.78 is 16.6. The molecule has 0 saturated carbocycles. The molecule has 3 rings (SSSR count). The van der Waals surface area contributed by atoms with Gasteiger partial charge in [0.15, 0.2) is 0 Å². The molecular formula is C14H16O3. The zero-order valence-corrected chi connectivity index (χ0v) is 10.2. The van der Waals surface area contributed by atoms with Crippen LogP contribution in [0.2, 0.25) is 0 Å². The van der Waals surface area contributed by atoms with Crippen LogP contribution in [-0.2, 0) is 5.41 Å². The third-order valence-electron chi connectivity index (χ3n) is 3.67. The molecule has 1 aromatic carbocycles. The standard InChI is InChI=1S/C14H16O3/c1-15-10-7-11(16-2)13-12(8-10)17-9-14(13)5-3-4-6-14/h3,5,7-8H,4,6,9H2,1-2H3. The Kier molecular flexibility index (Phi) is 2.28. The van der Waals surface area contributed by atoms with Crippen molar-refractivity contribution in [2.75, 3.05) is 20.8 Å². The van der Waals surface area contributed by atoms with Gasteiger partial charge in [-0.2, -0.15) is 0 Å². The van der Waals surface area contributed by atoms with E-state index < -0.39 is 0 Å². The van der Waals surface area contributed by atoms with Crippen molar-refractivity contribution in [2.45, 2.75) is 18.3 Å². The fraction of sp³-hybridized carbons (Fsp3) is 0.429. The summed E-state index contributed by atoms with van der Waals surface area (Å²) in [4.78, 5) is 0. The number of methoxy groups -OCH3 is 2. The summed E-state index contributed by atoms with van der Waals surface area (Å²) >= 11 is 0. The average molecular weight is 232 g/mol. The zero-order chi connectivity index (χ0) is 11.9. The lowest BCUT2D eigenvalue weighted by atomic mass is 9.81. The van der Waals surface area contributed by atoms with Gasteiger partial charge >= 0.3 is 0 Å². The molecule has 0 radical (unpaired) electrons. The highest BCUT2D eigenvalue weighted by molar-refractivity contribution is 5.59. The van der Waals surface area contributed by atoms with Crippen molar-refractivity contribution in [2.24, 2.45) is 0 Å². The first kappa shape index (κ1) is 10.5. The summed E-state index contributed by atoms with van der Waals surface area (Å²) in [6.07, 6.45) is 6.69. The quantitative estimate of drug-likeness (QED) is 0.734. The summed E-state index contributed by atoms with van der Waals surface area (Å²) in [6.45, 7) is 0.711. The summed E-state index contributed by atoms with van der Waals surface area (Å²) in [7, 11) is 3.35. The second-order valence-corrected chi connectivity index (χ2v) is 4.59. The van der Waals surface area contributed by atoms with E-state index in [1.807, 2.05) is 12.1 Å². The predicted octanol–water partition coefficient (Wildman–Crippen LogP) is 2.68. The molecule has 3 nitrogen and oxygen atoms in total. The smallest absolute Gasteiger partial charge is 0.130 e. The first-order chi connectivity index (χ1) is 8.29. The number of rotatable bonds is 2. The van der Waals surface area contributed by atoms with Gasteiger partial charge in [0.2, 0.25) is 0 Å². The molecule has 0 bridgehead atoms. The molecule has 1 unspecified atom stereocenters. The predicted molar refractivity (Wildman–Crippen MR) is 65.1 cm³/mol. The normalized spacial score (nSPS) is 24.8. The largest absolute Gasteiger partial charge is 0.496 e. The first-order valence-electron chi connectivity index (χ1n) is 5.86. The van der Waals surface area contributed by atoms with Crippen molar-refractivity contribution in [1.82, 2.24) is 0 Å². The number of benzene rings is 1. The molecule has 3 heteroatoms. The molecule has 1 atom stereocenters. The van der Waals surface area contributed by atoms with E-state index in [0.717, 1.165) is 30.1 Å². The number of fused-ring (bicyclic) bond motifs is 2. The van der Waals surface area contributed by atoms with Crippen molar-refractivity contribution in [1.29, 1.82) is 0 Å². The van der Waals surface area contributed by atoms with Gasteiger partial charge in [-0.1, -0.05) is 12.2 Å². The Bertz CT molecular complexity index is 479. The Balaban J connectivity index is 2.17. The summed E-state index contributed by atoms with van der Waals surface area (Å²) in [6, 6.07) is 3.88. The number of hydrogen-bond acceptors (Lipinski definition) is 3. The molecule has 0 fully saturated rings. The van der Waals surface area contributed by atoms with E-state index in [0.29, 0.717) is 6.61 Å². The number of ether oxygens (including phenoxy) is 3. The van der Waals surface area contributed by atoms with Crippen molar-refractivity contribution >= 4 is 0 Å². The monoisotopic (exact) mass is 232 g/mol.